The van der Waals surface area contributed by atoms with Crippen LogP contribution >= 0.6 is 0 Å². The number of hydrogen-bond donors (Lipinski definition) is 2. The molecule has 1 aromatic carbocycles. The molecule has 1 aliphatic heterocycles. The van der Waals surface area contributed by atoms with Gasteiger partial charge in [0.15, 0.2) is 0 Å². The molecule has 1 aromatic rings. The molecule has 1 atom stereocenters. The zero-order chi connectivity index (χ0) is 12.1. The van der Waals surface area contributed by atoms with E-state index in [-0.39, 0.29) is 0 Å². The van der Waals surface area contributed by atoms with Crippen molar-refractivity contribution in [1.82, 2.24) is 10.6 Å². The minimum atomic E-state index is 0.703. The summed E-state index contributed by atoms with van der Waals surface area (Å²) in [4.78, 5) is 0. The van der Waals surface area contributed by atoms with Gasteiger partial charge >= 0.3 is 0 Å². The Balaban J connectivity index is 1.70. The topological polar surface area (TPSA) is 24.1 Å². The van der Waals surface area contributed by atoms with Gasteiger partial charge in [-0.05, 0) is 57.3 Å². The molecule has 0 radical (unpaired) electrons. The number of aryl methyl sites for hydroxylation is 2. The fourth-order valence-electron chi connectivity index (χ4n) is 2.56. The Kier molecular flexibility index (Phi) is 4.57. The summed E-state index contributed by atoms with van der Waals surface area (Å²) in [7, 11) is 0. The van der Waals surface area contributed by atoms with Crippen LogP contribution < -0.4 is 10.6 Å². The highest BCUT2D eigenvalue weighted by Crippen LogP contribution is 2.10. The average Bonchev–Trinajstić information content (AvgIpc) is 2.79. The number of rotatable bonds is 5. The van der Waals surface area contributed by atoms with E-state index in [9.17, 15) is 0 Å². The Morgan fingerprint density at radius 2 is 2.24 bits per heavy atom. The van der Waals surface area contributed by atoms with E-state index in [0.717, 1.165) is 19.5 Å². The summed E-state index contributed by atoms with van der Waals surface area (Å²) < 4.78 is 0. The van der Waals surface area contributed by atoms with Crippen LogP contribution in [-0.4, -0.2) is 25.7 Å². The summed E-state index contributed by atoms with van der Waals surface area (Å²) in [6.07, 6.45) is 3.80. The Morgan fingerprint density at radius 1 is 1.35 bits per heavy atom. The first-order valence-electron chi connectivity index (χ1n) is 6.76. The molecule has 0 spiro atoms. The normalized spacial score (nSPS) is 19.8. The molecule has 1 unspecified atom stereocenters. The van der Waals surface area contributed by atoms with E-state index in [1.165, 1.54) is 36.1 Å². The van der Waals surface area contributed by atoms with E-state index >= 15 is 0 Å². The Bertz CT molecular complexity index is 354. The lowest BCUT2D eigenvalue weighted by atomic mass is 10.0. The van der Waals surface area contributed by atoms with Gasteiger partial charge in [-0.3, -0.25) is 0 Å². The van der Waals surface area contributed by atoms with Crippen LogP contribution in [0.1, 0.15) is 29.5 Å². The summed E-state index contributed by atoms with van der Waals surface area (Å²) in [5.74, 6) is 0. The number of hydrogen-bond acceptors (Lipinski definition) is 2. The van der Waals surface area contributed by atoms with Crippen LogP contribution in [0.5, 0.6) is 0 Å². The molecule has 1 aliphatic rings. The van der Waals surface area contributed by atoms with Crippen molar-refractivity contribution in [1.29, 1.82) is 0 Å². The highest BCUT2D eigenvalue weighted by atomic mass is 15.0. The second-order valence-electron chi connectivity index (χ2n) is 5.18. The second kappa shape index (κ2) is 6.18. The smallest absolute Gasteiger partial charge is 0.0192 e. The minimum absolute atomic E-state index is 0.703. The zero-order valence-electron chi connectivity index (χ0n) is 11.1. The number of benzene rings is 1. The van der Waals surface area contributed by atoms with Gasteiger partial charge < -0.3 is 10.6 Å². The Labute approximate surface area is 105 Å². The molecule has 2 N–H and O–H groups in total. The van der Waals surface area contributed by atoms with Gasteiger partial charge in [-0.25, -0.2) is 0 Å². The lowest BCUT2D eigenvalue weighted by molar-refractivity contribution is 0.537. The first kappa shape index (κ1) is 12.6. The van der Waals surface area contributed by atoms with Crippen LogP contribution in [0.4, 0.5) is 0 Å². The van der Waals surface area contributed by atoms with Crippen molar-refractivity contribution >= 4 is 0 Å². The summed E-state index contributed by atoms with van der Waals surface area (Å²) >= 11 is 0. The summed E-state index contributed by atoms with van der Waals surface area (Å²) in [6.45, 7) is 7.76. The van der Waals surface area contributed by atoms with Crippen molar-refractivity contribution < 1.29 is 0 Å². The average molecular weight is 232 g/mol. The van der Waals surface area contributed by atoms with Gasteiger partial charge in [-0.1, -0.05) is 23.8 Å². The molecular weight excluding hydrogens is 208 g/mol. The lowest BCUT2D eigenvalue weighted by Crippen LogP contribution is -2.34. The molecule has 17 heavy (non-hydrogen) atoms. The standard InChI is InChI=1S/C15H24N2/c1-12-5-6-14(13(2)10-12)7-9-16-11-15-4-3-8-17-15/h5-6,10,15-17H,3-4,7-9,11H2,1-2H3. The van der Waals surface area contributed by atoms with Crippen LogP contribution in [0.2, 0.25) is 0 Å². The van der Waals surface area contributed by atoms with Gasteiger partial charge in [-0.2, -0.15) is 0 Å². The van der Waals surface area contributed by atoms with Gasteiger partial charge in [-0.15, -0.1) is 0 Å². The fourth-order valence-corrected chi connectivity index (χ4v) is 2.56. The summed E-state index contributed by atoms with van der Waals surface area (Å²) in [6, 6.07) is 7.45. The third-order valence-corrected chi connectivity index (χ3v) is 3.62. The van der Waals surface area contributed by atoms with Crippen LogP contribution in [0, 0.1) is 13.8 Å². The summed E-state index contributed by atoms with van der Waals surface area (Å²) in [5, 5.41) is 7.07. The van der Waals surface area contributed by atoms with Crippen LogP contribution in [0.3, 0.4) is 0 Å². The van der Waals surface area contributed by atoms with Crippen molar-refractivity contribution in [2.75, 3.05) is 19.6 Å². The van der Waals surface area contributed by atoms with E-state index in [0.29, 0.717) is 6.04 Å². The van der Waals surface area contributed by atoms with Gasteiger partial charge in [0.2, 0.25) is 0 Å². The Morgan fingerprint density at radius 3 is 2.94 bits per heavy atom. The van der Waals surface area contributed by atoms with Crippen LogP contribution in [0.15, 0.2) is 18.2 Å². The van der Waals surface area contributed by atoms with Gasteiger partial charge in [0, 0.05) is 12.6 Å². The van der Waals surface area contributed by atoms with Crippen LogP contribution in [0.25, 0.3) is 0 Å². The predicted molar refractivity (Wildman–Crippen MR) is 73.5 cm³/mol. The lowest BCUT2D eigenvalue weighted by Gasteiger charge is -2.12. The first-order chi connectivity index (χ1) is 8.25. The molecule has 94 valence electrons. The van der Waals surface area contributed by atoms with E-state index in [1.54, 1.807) is 0 Å². The maximum Gasteiger partial charge on any atom is 0.0192 e. The zero-order valence-corrected chi connectivity index (χ0v) is 11.1. The maximum absolute atomic E-state index is 3.56. The molecule has 1 saturated heterocycles. The third kappa shape index (κ3) is 3.83. The largest absolute Gasteiger partial charge is 0.315 e. The van der Waals surface area contributed by atoms with Gasteiger partial charge in [0.1, 0.15) is 0 Å². The van der Waals surface area contributed by atoms with Crippen LogP contribution in [-0.2, 0) is 6.42 Å². The van der Waals surface area contributed by atoms with Gasteiger partial charge in [0.05, 0.1) is 0 Å². The van der Waals surface area contributed by atoms with Crippen molar-refractivity contribution in [2.45, 2.75) is 39.2 Å². The molecule has 1 heterocycles. The predicted octanol–water partition coefficient (Wildman–Crippen LogP) is 2.19. The van der Waals surface area contributed by atoms with E-state index in [1.807, 2.05) is 0 Å². The van der Waals surface area contributed by atoms with Crippen molar-refractivity contribution in [2.24, 2.45) is 0 Å². The van der Waals surface area contributed by atoms with Gasteiger partial charge in [0.25, 0.3) is 0 Å². The molecule has 2 rings (SSSR count). The molecule has 0 aliphatic carbocycles. The molecule has 2 nitrogen and oxygen atoms in total. The maximum atomic E-state index is 3.56. The second-order valence-corrected chi connectivity index (χ2v) is 5.18. The Hall–Kier alpha value is -0.860. The SMILES string of the molecule is Cc1ccc(CCNCC2CCCN2)c(C)c1. The fraction of sp³-hybridized carbons (Fsp3) is 0.600. The van der Waals surface area contributed by atoms with E-state index in [4.69, 9.17) is 0 Å². The first-order valence-corrected chi connectivity index (χ1v) is 6.76. The van der Waals surface area contributed by atoms with Crippen molar-refractivity contribution in [3.63, 3.8) is 0 Å². The van der Waals surface area contributed by atoms with E-state index in [2.05, 4.69) is 42.7 Å². The minimum Gasteiger partial charge on any atom is -0.315 e. The molecule has 1 fully saturated rings. The highest BCUT2D eigenvalue weighted by molar-refractivity contribution is 5.30. The molecule has 0 amide bonds. The highest BCUT2D eigenvalue weighted by Gasteiger charge is 2.12. The summed E-state index contributed by atoms with van der Waals surface area (Å²) in [5.41, 5.74) is 4.25. The third-order valence-electron chi connectivity index (χ3n) is 3.62. The molecule has 0 aromatic heterocycles. The van der Waals surface area contributed by atoms with E-state index < -0.39 is 0 Å². The molecule has 2 heteroatoms. The molecular formula is C15H24N2. The quantitative estimate of drug-likeness (QED) is 0.760. The monoisotopic (exact) mass is 232 g/mol. The molecule has 0 bridgehead atoms. The number of nitrogens with one attached hydrogen (secondary N) is 2. The van der Waals surface area contributed by atoms with Crippen molar-refractivity contribution in [3.8, 4) is 0 Å². The van der Waals surface area contributed by atoms with Crippen molar-refractivity contribution in [3.05, 3.63) is 34.9 Å². The molecule has 0 saturated carbocycles.